The fourth-order valence-corrected chi connectivity index (χ4v) is 3.61. The number of aromatic nitrogens is 2. The Bertz CT molecular complexity index is 739. The smallest absolute Gasteiger partial charge is 0.305 e. The summed E-state index contributed by atoms with van der Waals surface area (Å²) in [5, 5.41) is 23.4. The number of hydrogen-bond acceptors (Lipinski definition) is 6. The van der Waals surface area contributed by atoms with Gasteiger partial charge in [-0.3, -0.25) is 9.59 Å². The van der Waals surface area contributed by atoms with Gasteiger partial charge in [-0.05, 0) is 37.4 Å². The molecule has 2 heterocycles. The lowest BCUT2D eigenvalue weighted by atomic mass is 9.90. The van der Waals surface area contributed by atoms with Crippen LogP contribution in [0.4, 0.5) is 0 Å². The second kappa shape index (κ2) is 8.17. The van der Waals surface area contributed by atoms with Crippen molar-refractivity contribution in [2.45, 2.75) is 25.2 Å². The van der Waals surface area contributed by atoms with Crippen LogP contribution in [0, 0.1) is 0 Å². The Morgan fingerprint density at radius 3 is 2.60 bits per heavy atom. The Labute approximate surface area is 149 Å². The van der Waals surface area contributed by atoms with Crippen LogP contribution in [0.15, 0.2) is 24.3 Å². The predicted octanol–water partition coefficient (Wildman–Crippen LogP) is 1.88. The third-order valence-electron chi connectivity index (χ3n) is 4.21. The van der Waals surface area contributed by atoms with Gasteiger partial charge in [-0.2, -0.15) is 0 Å². The average Bonchev–Trinajstić information content (AvgIpc) is 3.12. The standard InChI is InChI=1S/C17H20N4O3S/c22-14(23)7-10-19-15(24)17-21-20-16(25-17)13-3-1-11(2-4-13)12-5-8-18-9-6-12/h1-4,12,18H,5-10H2,(H,19,24)(H,22,23). The normalized spacial score (nSPS) is 15.0. The van der Waals surface area contributed by atoms with E-state index in [1.54, 1.807) is 0 Å². The zero-order valence-electron chi connectivity index (χ0n) is 13.7. The van der Waals surface area contributed by atoms with E-state index in [1.165, 1.54) is 16.9 Å². The lowest BCUT2D eigenvalue weighted by Crippen LogP contribution is -2.26. The molecule has 1 aliphatic rings. The van der Waals surface area contributed by atoms with Crippen LogP contribution >= 0.6 is 11.3 Å². The Balaban J connectivity index is 1.63. The number of carboxylic acids is 1. The number of nitrogens with one attached hydrogen (secondary N) is 2. The maximum atomic E-state index is 11.9. The van der Waals surface area contributed by atoms with Crippen molar-refractivity contribution in [1.29, 1.82) is 0 Å². The molecule has 0 atom stereocenters. The highest BCUT2D eigenvalue weighted by atomic mass is 32.1. The molecule has 1 aromatic carbocycles. The molecule has 0 saturated carbocycles. The van der Waals surface area contributed by atoms with Gasteiger partial charge in [-0.25, -0.2) is 0 Å². The summed E-state index contributed by atoms with van der Waals surface area (Å²) in [4.78, 5) is 22.4. The van der Waals surface area contributed by atoms with Crippen molar-refractivity contribution in [2.24, 2.45) is 0 Å². The van der Waals surface area contributed by atoms with E-state index in [9.17, 15) is 9.59 Å². The molecule has 7 nitrogen and oxygen atoms in total. The maximum absolute atomic E-state index is 11.9. The van der Waals surface area contributed by atoms with E-state index in [2.05, 4.69) is 33.0 Å². The summed E-state index contributed by atoms with van der Waals surface area (Å²) in [6.45, 7) is 2.19. The van der Waals surface area contributed by atoms with Gasteiger partial charge < -0.3 is 15.7 Å². The Hall–Kier alpha value is -2.32. The van der Waals surface area contributed by atoms with E-state index in [4.69, 9.17) is 5.11 Å². The lowest BCUT2D eigenvalue weighted by molar-refractivity contribution is -0.136. The number of carbonyl (C=O) groups excluding carboxylic acids is 1. The van der Waals surface area contributed by atoms with Crippen LogP contribution < -0.4 is 10.6 Å². The first-order chi connectivity index (χ1) is 12.1. The zero-order chi connectivity index (χ0) is 17.6. The molecule has 1 aromatic heterocycles. The largest absolute Gasteiger partial charge is 0.481 e. The first kappa shape index (κ1) is 17.5. The summed E-state index contributed by atoms with van der Waals surface area (Å²) in [5.74, 6) is -0.747. The minimum Gasteiger partial charge on any atom is -0.481 e. The molecule has 0 bridgehead atoms. The number of nitrogens with zero attached hydrogens (tertiary/aromatic N) is 2. The van der Waals surface area contributed by atoms with Crippen LogP contribution in [0.5, 0.6) is 0 Å². The molecule has 0 aliphatic carbocycles. The third kappa shape index (κ3) is 4.61. The van der Waals surface area contributed by atoms with Gasteiger partial charge in [0.2, 0.25) is 5.01 Å². The van der Waals surface area contributed by atoms with Crippen molar-refractivity contribution in [3.63, 3.8) is 0 Å². The van der Waals surface area contributed by atoms with Crippen LogP contribution in [-0.2, 0) is 4.79 Å². The quantitative estimate of drug-likeness (QED) is 0.726. The fraction of sp³-hybridized carbons (Fsp3) is 0.412. The van der Waals surface area contributed by atoms with Crippen LogP contribution in [-0.4, -0.2) is 46.8 Å². The molecular weight excluding hydrogens is 340 g/mol. The van der Waals surface area contributed by atoms with Gasteiger partial charge in [0.25, 0.3) is 5.91 Å². The number of amides is 1. The van der Waals surface area contributed by atoms with Crippen LogP contribution in [0.3, 0.4) is 0 Å². The molecule has 0 unspecified atom stereocenters. The van der Waals surface area contributed by atoms with Crippen LogP contribution in [0.1, 0.15) is 40.5 Å². The van der Waals surface area contributed by atoms with Gasteiger partial charge in [0.05, 0.1) is 6.42 Å². The van der Waals surface area contributed by atoms with Crippen molar-refractivity contribution in [3.05, 3.63) is 34.8 Å². The zero-order valence-corrected chi connectivity index (χ0v) is 14.5. The molecule has 8 heteroatoms. The first-order valence-corrected chi connectivity index (χ1v) is 9.09. The maximum Gasteiger partial charge on any atom is 0.305 e. The van der Waals surface area contributed by atoms with E-state index in [0.717, 1.165) is 31.5 Å². The number of rotatable bonds is 6. The second-order valence-corrected chi connectivity index (χ2v) is 6.94. The highest BCUT2D eigenvalue weighted by Gasteiger charge is 2.17. The monoisotopic (exact) mass is 360 g/mol. The molecule has 1 fully saturated rings. The Morgan fingerprint density at radius 1 is 1.20 bits per heavy atom. The molecule has 1 amide bonds. The van der Waals surface area contributed by atoms with Crippen LogP contribution in [0.2, 0.25) is 0 Å². The molecule has 2 aromatic rings. The average molecular weight is 360 g/mol. The molecule has 1 saturated heterocycles. The predicted molar refractivity (Wildman–Crippen MR) is 94.8 cm³/mol. The van der Waals surface area contributed by atoms with E-state index in [-0.39, 0.29) is 18.0 Å². The molecule has 132 valence electrons. The fourth-order valence-electron chi connectivity index (χ4n) is 2.84. The summed E-state index contributed by atoms with van der Waals surface area (Å²) >= 11 is 1.20. The first-order valence-electron chi connectivity index (χ1n) is 8.28. The van der Waals surface area contributed by atoms with Gasteiger partial charge in [0.15, 0.2) is 0 Å². The number of hydrogen-bond donors (Lipinski definition) is 3. The second-order valence-electron chi connectivity index (χ2n) is 5.96. The molecule has 25 heavy (non-hydrogen) atoms. The summed E-state index contributed by atoms with van der Waals surface area (Å²) in [6, 6.07) is 8.28. The summed E-state index contributed by atoms with van der Waals surface area (Å²) in [7, 11) is 0. The van der Waals surface area contributed by atoms with Crippen molar-refractivity contribution < 1.29 is 14.7 Å². The van der Waals surface area contributed by atoms with Crippen molar-refractivity contribution in [2.75, 3.05) is 19.6 Å². The summed E-state index contributed by atoms with van der Waals surface area (Å²) in [5.41, 5.74) is 2.26. The topological polar surface area (TPSA) is 104 Å². The number of carboxylic acid groups (broad SMARTS) is 1. The van der Waals surface area contributed by atoms with Gasteiger partial charge in [-0.15, -0.1) is 10.2 Å². The molecule has 3 rings (SSSR count). The van der Waals surface area contributed by atoms with Gasteiger partial charge in [0, 0.05) is 12.1 Å². The number of piperidine rings is 1. The molecule has 0 radical (unpaired) electrons. The highest BCUT2D eigenvalue weighted by Crippen LogP contribution is 2.29. The summed E-state index contributed by atoms with van der Waals surface area (Å²) < 4.78 is 0. The van der Waals surface area contributed by atoms with E-state index in [0.29, 0.717) is 10.9 Å². The number of benzene rings is 1. The summed E-state index contributed by atoms with van der Waals surface area (Å²) in [6.07, 6.45) is 2.19. The van der Waals surface area contributed by atoms with Crippen molar-refractivity contribution in [3.8, 4) is 10.6 Å². The van der Waals surface area contributed by atoms with Gasteiger partial charge in [-0.1, -0.05) is 35.6 Å². The van der Waals surface area contributed by atoms with Crippen molar-refractivity contribution >= 4 is 23.2 Å². The lowest BCUT2D eigenvalue weighted by Gasteiger charge is -2.22. The molecular formula is C17H20N4O3S. The number of carbonyl (C=O) groups is 2. The van der Waals surface area contributed by atoms with E-state index >= 15 is 0 Å². The molecule has 1 aliphatic heterocycles. The van der Waals surface area contributed by atoms with E-state index < -0.39 is 11.9 Å². The van der Waals surface area contributed by atoms with Crippen LogP contribution in [0.25, 0.3) is 10.6 Å². The third-order valence-corrected chi connectivity index (χ3v) is 5.18. The minimum atomic E-state index is -0.952. The van der Waals surface area contributed by atoms with Crippen molar-refractivity contribution in [1.82, 2.24) is 20.8 Å². The minimum absolute atomic E-state index is 0.0774. The number of aliphatic carboxylic acids is 1. The molecule has 0 spiro atoms. The van der Waals surface area contributed by atoms with Gasteiger partial charge in [0.1, 0.15) is 5.01 Å². The highest BCUT2D eigenvalue weighted by molar-refractivity contribution is 7.16. The van der Waals surface area contributed by atoms with Gasteiger partial charge >= 0.3 is 5.97 Å². The SMILES string of the molecule is O=C(O)CCNC(=O)c1nnc(-c2ccc(C3CCNCC3)cc2)s1. The Morgan fingerprint density at radius 2 is 1.92 bits per heavy atom. The molecule has 3 N–H and O–H groups in total. The van der Waals surface area contributed by atoms with E-state index in [1.807, 2.05) is 12.1 Å². The Kier molecular flexibility index (Phi) is 5.72.